The lowest BCUT2D eigenvalue weighted by atomic mass is 9.96. The molecule has 0 aromatic heterocycles. The van der Waals surface area contributed by atoms with Gasteiger partial charge in [0.2, 0.25) is 5.91 Å². The minimum Gasteiger partial charge on any atom is -0.492 e. The van der Waals surface area contributed by atoms with Crippen molar-refractivity contribution in [3.63, 3.8) is 0 Å². The van der Waals surface area contributed by atoms with Crippen molar-refractivity contribution in [1.29, 1.82) is 5.26 Å². The van der Waals surface area contributed by atoms with Gasteiger partial charge in [0.05, 0.1) is 17.6 Å². The summed E-state index contributed by atoms with van der Waals surface area (Å²) in [6, 6.07) is 16.7. The molecular weight excluding hydrogens is 264 g/mol. The van der Waals surface area contributed by atoms with E-state index in [4.69, 9.17) is 10.00 Å². The maximum Gasteiger partial charge on any atom is 0.231 e. The molecule has 2 aromatic rings. The highest BCUT2D eigenvalue weighted by Gasteiger charge is 2.25. The third-order valence-corrected chi connectivity index (χ3v) is 3.51. The number of hydrogen-bond donors (Lipinski definition) is 1. The van der Waals surface area contributed by atoms with E-state index < -0.39 is 0 Å². The molecule has 21 heavy (non-hydrogen) atoms. The Morgan fingerprint density at radius 2 is 2.10 bits per heavy atom. The van der Waals surface area contributed by atoms with Crippen LogP contribution in [0.3, 0.4) is 0 Å². The monoisotopic (exact) mass is 278 g/mol. The van der Waals surface area contributed by atoms with Crippen LogP contribution in [-0.2, 0) is 11.2 Å². The number of carbonyl (C=O) groups is 1. The molecule has 104 valence electrons. The molecule has 1 aliphatic heterocycles. The summed E-state index contributed by atoms with van der Waals surface area (Å²) in [4.78, 5) is 12.3. The molecule has 0 bridgehead atoms. The number of anilines is 1. The minimum atomic E-state index is -0.217. The first-order valence-electron chi connectivity index (χ1n) is 6.78. The van der Waals surface area contributed by atoms with Gasteiger partial charge in [0.25, 0.3) is 0 Å². The fraction of sp³-hybridized carbons (Fsp3) is 0.176. The number of nitrogens with one attached hydrogen (secondary N) is 1. The molecule has 2 aromatic carbocycles. The molecule has 1 N–H and O–H groups in total. The predicted molar refractivity (Wildman–Crippen MR) is 78.9 cm³/mol. The zero-order valence-electron chi connectivity index (χ0n) is 11.4. The molecule has 0 saturated heterocycles. The Balaban J connectivity index is 1.71. The maximum absolute atomic E-state index is 12.3. The van der Waals surface area contributed by atoms with Crippen molar-refractivity contribution in [3.8, 4) is 11.8 Å². The van der Waals surface area contributed by atoms with Crippen LogP contribution in [0.15, 0.2) is 48.5 Å². The molecule has 0 saturated carbocycles. The molecule has 1 aliphatic rings. The Morgan fingerprint density at radius 1 is 1.24 bits per heavy atom. The second-order valence-electron chi connectivity index (χ2n) is 5.00. The number of rotatable bonds is 2. The standard InChI is InChI=1S/C17H14N2O2/c18-10-12-4-3-6-15(8-12)19-17(20)14-9-13-5-1-2-7-16(13)21-11-14/h1-8,14H,9,11H2,(H,19,20)/t14-/m1/s1. The van der Waals surface area contributed by atoms with Crippen molar-refractivity contribution in [3.05, 3.63) is 59.7 Å². The summed E-state index contributed by atoms with van der Waals surface area (Å²) >= 11 is 0. The summed E-state index contributed by atoms with van der Waals surface area (Å²) in [6.07, 6.45) is 0.667. The third-order valence-electron chi connectivity index (χ3n) is 3.51. The van der Waals surface area contributed by atoms with E-state index in [1.165, 1.54) is 0 Å². The molecule has 0 unspecified atom stereocenters. The van der Waals surface area contributed by atoms with Gasteiger partial charge in [0, 0.05) is 5.69 Å². The lowest BCUT2D eigenvalue weighted by Gasteiger charge is -2.24. The Labute approximate surface area is 123 Å². The van der Waals surface area contributed by atoms with Crippen molar-refractivity contribution in [2.24, 2.45) is 5.92 Å². The number of benzene rings is 2. The van der Waals surface area contributed by atoms with E-state index in [1.807, 2.05) is 24.3 Å². The Bertz CT molecular complexity index is 719. The molecule has 1 amide bonds. The molecule has 0 aliphatic carbocycles. The van der Waals surface area contributed by atoms with Gasteiger partial charge in [-0.3, -0.25) is 4.79 Å². The van der Waals surface area contributed by atoms with E-state index in [1.54, 1.807) is 24.3 Å². The Morgan fingerprint density at radius 3 is 2.95 bits per heavy atom. The van der Waals surface area contributed by atoms with Crippen LogP contribution in [0.4, 0.5) is 5.69 Å². The Kier molecular flexibility index (Phi) is 3.57. The number of nitriles is 1. The van der Waals surface area contributed by atoms with Crippen molar-refractivity contribution < 1.29 is 9.53 Å². The average molecular weight is 278 g/mol. The fourth-order valence-corrected chi connectivity index (χ4v) is 2.41. The second-order valence-corrected chi connectivity index (χ2v) is 5.00. The van der Waals surface area contributed by atoms with Crippen LogP contribution < -0.4 is 10.1 Å². The normalized spacial score (nSPS) is 16.2. The molecule has 3 rings (SSSR count). The fourth-order valence-electron chi connectivity index (χ4n) is 2.41. The zero-order valence-corrected chi connectivity index (χ0v) is 11.4. The van der Waals surface area contributed by atoms with Gasteiger partial charge in [-0.2, -0.15) is 5.26 Å². The summed E-state index contributed by atoms with van der Waals surface area (Å²) in [5.74, 6) is 0.554. The average Bonchev–Trinajstić information content (AvgIpc) is 2.54. The highest BCUT2D eigenvalue weighted by Crippen LogP contribution is 2.27. The van der Waals surface area contributed by atoms with Gasteiger partial charge >= 0.3 is 0 Å². The van der Waals surface area contributed by atoms with Crippen molar-refractivity contribution in [1.82, 2.24) is 0 Å². The van der Waals surface area contributed by atoms with E-state index in [-0.39, 0.29) is 11.8 Å². The van der Waals surface area contributed by atoms with Crippen LogP contribution in [0.25, 0.3) is 0 Å². The molecule has 1 heterocycles. The molecule has 0 spiro atoms. The number of para-hydroxylation sites is 1. The third kappa shape index (κ3) is 2.87. The number of fused-ring (bicyclic) bond motifs is 1. The number of nitrogens with zero attached hydrogens (tertiary/aromatic N) is 1. The van der Waals surface area contributed by atoms with Gasteiger partial charge in [0.15, 0.2) is 0 Å². The van der Waals surface area contributed by atoms with Crippen LogP contribution in [0.2, 0.25) is 0 Å². The second kappa shape index (κ2) is 5.68. The van der Waals surface area contributed by atoms with Crippen LogP contribution in [-0.4, -0.2) is 12.5 Å². The summed E-state index contributed by atoms with van der Waals surface area (Å²) in [5, 5.41) is 11.7. The van der Waals surface area contributed by atoms with Gasteiger partial charge in [-0.1, -0.05) is 24.3 Å². The SMILES string of the molecule is N#Cc1cccc(NC(=O)[C@H]2COc3ccccc3C2)c1. The Hall–Kier alpha value is -2.80. The lowest BCUT2D eigenvalue weighted by molar-refractivity contribution is -0.121. The van der Waals surface area contributed by atoms with Crippen molar-refractivity contribution >= 4 is 11.6 Å². The molecule has 4 heteroatoms. The first-order chi connectivity index (χ1) is 10.3. The van der Waals surface area contributed by atoms with Gasteiger partial charge in [0.1, 0.15) is 12.4 Å². The smallest absolute Gasteiger partial charge is 0.231 e. The quantitative estimate of drug-likeness (QED) is 0.918. The lowest BCUT2D eigenvalue weighted by Crippen LogP contribution is -2.32. The predicted octanol–water partition coefficient (Wildman–Crippen LogP) is 2.75. The van der Waals surface area contributed by atoms with E-state index in [0.717, 1.165) is 11.3 Å². The maximum atomic E-state index is 12.3. The molecule has 0 radical (unpaired) electrons. The van der Waals surface area contributed by atoms with Gasteiger partial charge < -0.3 is 10.1 Å². The van der Waals surface area contributed by atoms with Crippen LogP contribution in [0.1, 0.15) is 11.1 Å². The first-order valence-corrected chi connectivity index (χ1v) is 6.78. The number of hydrogen-bond acceptors (Lipinski definition) is 3. The van der Waals surface area contributed by atoms with E-state index in [0.29, 0.717) is 24.3 Å². The van der Waals surface area contributed by atoms with Crippen LogP contribution in [0, 0.1) is 17.2 Å². The minimum absolute atomic E-state index is 0.0837. The summed E-state index contributed by atoms with van der Waals surface area (Å²) in [6.45, 7) is 0.376. The van der Waals surface area contributed by atoms with E-state index >= 15 is 0 Å². The molecule has 4 nitrogen and oxygen atoms in total. The van der Waals surface area contributed by atoms with E-state index in [2.05, 4.69) is 11.4 Å². The van der Waals surface area contributed by atoms with Crippen LogP contribution >= 0.6 is 0 Å². The van der Waals surface area contributed by atoms with E-state index in [9.17, 15) is 4.79 Å². The van der Waals surface area contributed by atoms with Crippen molar-refractivity contribution in [2.75, 3.05) is 11.9 Å². The molecular formula is C17H14N2O2. The highest BCUT2D eigenvalue weighted by atomic mass is 16.5. The first kappa shape index (κ1) is 13.2. The van der Waals surface area contributed by atoms with Crippen LogP contribution in [0.5, 0.6) is 5.75 Å². The zero-order chi connectivity index (χ0) is 14.7. The summed E-state index contributed by atoms with van der Waals surface area (Å²) in [5.41, 5.74) is 2.21. The number of ether oxygens (including phenoxy) is 1. The van der Waals surface area contributed by atoms with Crippen molar-refractivity contribution in [2.45, 2.75) is 6.42 Å². The van der Waals surface area contributed by atoms with Gasteiger partial charge in [-0.05, 0) is 36.2 Å². The molecule has 0 fully saturated rings. The highest BCUT2D eigenvalue weighted by molar-refractivity contribution is 5.93. The van der Waals surface area contributed by atoms with Gasteiger partial charge in [-0.15, -0.1) is 0 Å². The topological polar surface area (TPSA) is 62.1 Å². The summed E-state index contributed by atoms with van der Waals surface area (Å²) in [7, 11) is 0. The molecule has 1 atom stereocenters. The summed E-state index contributed by atoms with van der Waals surface area (Å²) < 4.78 is 5.63. The number of amides is 1. The number of carbonyl (C=O) groups excluding carboxylic acids is 1. The largest absolute Gasteiger partial charge is 0.492 e. The van der Waals surface area contributed by atoms with Gasteiger partial charge in [-0.25, -0.2) is 0 Å².